The summed E-state index contributed by atoms with van der Waals surface area (Å²) in [7, 11) is 0. The second kappa shape index (κ2) is 7.82. The molecule has 0 fully saturated rings. The molecule has 7 heteroatoms. The maximum atomic E-state index is 12.3. The third kappa shape index (κ3) is 4.03. The summed E-state index contributed by atoms with van der Waals surface area (Å²) in [6.45, 7) is 5.83. The van der Waals surface area contributed by atoms with E-state index in [9.17, 15) is 4.79 Å². The molecule has 0 aliphatic carbocycles. The van der Waals surface area contributed by atoms with Gasteiger partial charge >= 0.3 is 5.97 Å². The first-order valence-corrected chi connectivity index (χ1v) is 8.58. The molecule has 3 aromatic rings. The Kier molecular flexibility index (Phi) is 5.30. The van der Waals surface area contributed by atoms with Crippen molar-refractivity contribution in [3.8, 4) is 11.3 Å². The van der Waals surface area contributed by atoms with Crippen LogP contribution in [-0.4, -0.2) is 33.4 Å². The van der Waals surface area contributed by atoms with Gasteiger partial charge in [-0.25, -0.2) is 14.5 Å². The third-order valence-electron chi connectivity index (χ3n) is 3.99. The molecule has 0 saturated carbocycles. The second-order valence-electron chi connectivity index (χ2n) is 6.02. The van der Waals surface area contributed by atoms with E-state index in [1.807, 2.05) is 38.1 Å². The number of nitrogens with zero attached hydrogens (tertiary/aromatic N) is 4. The average molecular weight is 363 g/mol. The van der Waals surface area contributed by atoms with Crippen molar-refractivity contribution in [2.45, 2.75) is 20.8 Å². The number of nitrogen functional groups attached to an aromatic ring is 1. The Morgan fingerprint density at radius 1 is 1.26 bits per heavy atom. The van der Waals surface area contributed by atoms with E-state index < -0.39 is 0 Å². The zero-order chi connectivity index (χ0) is 19.4. The Balaban J connectivity index is 1.89. The summed E-state index contributed by atoms with van der Waals surface area (Å²) in [5.41, 5.74) is 10.2. The molecule has 2 aromatic heterocycles. The fraction of sp³-hybridized carbons (Fsp3) is 0.200. The van der Waals surface area contributed by atoms with E-state index >= 15 is 0 Å². The molecule has 0 saturated heterocycles. The summed E-state index contributed by atoms with van der Waals surface area (Å²) in [4.78, 5) is 20.8. The second-order valence-corrected chi connectivity index (χ2v) is 6.02. The topological polar surface area (TPSA) is 95.4 Å². The number of anilines is 1. The SMILES string of the molecule is CCOC(=O)c1c(C)ccnc1-c1ccc(C=Nn2cc(C)nc2N)cc1. The van der Waals surface area contributed by atoms with Gasteiger partial charge in [-0.15, -0.1) is 0 Å². The number of imidazole rings is 1. The molecule has 3 rings (SSSR count). The molecule has 0 bridgehead atoms. The van der Waals surface area contributed by atoms with E-state index in [1.165, 1.54) is 4.68 Å². The normalized spacial score (nSPS) is 11.1. The summed E-state index contributed by atoms with van der Waals surface area (Å²) in [5, 5.41) is 4.30. The van der Waals surface area contributed by atoms with Crippen molar-refractivity contribution >= 4 is 18.1 Å². The highest BCUT2D eigenvalue weighted by Gasteiger charge is 2.17. The van der Waals surface area contributed by atoms with Crippen molar-refractivity contribution < 1.29 is 9.53 Å². The van der Waals surface area contributed by atoms with Crippen LogP contribution in [0.4, 0.5) is 5.95 Å². The number of aromatic nitrogens is 3. The molecule has 2 heterocycles. The zero-order valence-corrected chi connectivity index (χ0v) is 15.5. The number of benzene rings is 1. The maximum Gasteiger partial charge on any atom is 0.340 e. The van der Waals surface area contributed by atoms with Crippen LogP contribution in [0.15, 0.2) is 47.8 Å². The van der Waals surface area contributed by atoms with Crippen LogP contribution in [0, 0.1) is 13.8 Å². The minimum Gasteiger partial charge on any atom is -0.462 e. The fourth-order valence-electron chi connectivity index (χ4n) is 2.69. The molecular formula is C20H21N5O2. The molecule has 0 aliphatic heterocycles. The van der Waals surface area contributed by atoms with Crippen molar-refractivity contribution in [2.75, 3.05) is 12.3 Å². The van der Waals surface area contributed by atoms with Crippen molar-refractivity contribution in [3.05, 3.63) is 65.1 Å². The van der Waals surface area contributed by atoms with Gasteiger partial charge in [0.2, 0.25) is 5.95 Å². The summed E-state index contributed by atoms with van der Waals surface area (Å²) < 4.78 is 6.69. The van der Waals surface area contributed by atoms with Crippen molar-refractivity contribution in [1.82, 2.24) is 14.6 Å². The standard InChI is InChI=1S/C20H21N5O2/c1-4-27-19(26)17-13(2)9-10-22-18(17)16-7-5-15(6-8-16)11-23-25-12-14(3)24-20(25)21/h5-12H,4H2,1-3H3,(H2,21,24). The predicted octanol–water partition coefficient (Wildman–Crippen LogP) is 3.20. The van der Waals surface area contributed by atoms with Gasteiger partial charge in [0.05, 0.1) is 36.0 Å². The Labute approximate surface area is 157 Å². The lowest BCUT2D eigenvalue weighted by atomic mass is 10.0. The first-order chi connectivity index (χ1) is 13.0. The fourth-order valence-corrected chi connectivity index (χ4v) is 2.69. The number of carbonyl (C=O) groups excluding carboxylic acids is 1. The third-order valence-corrected chi connectivity index (χ3v) is 3.99. The van der Waals surface area contributed by atoms with Crippen LogP contribution in [0.5, 0.6) is 0 Å². The Morgan fingerprint density at radius 2 is 2.00 bits per heavy atom. The number of hydrogen-bond acceptors (Lipinski definition) is 6. The van der Waals surface area contributed by atoms with E-state index in [2.05, 4.69) is 15.1 Å². The molecule has 138 valence electrons. The van der Waals surface area contributed by atoms with E-state index in [0.717, 1.165) is 22.4 Å². The molecule has 1 aromatic carbocycles. The Hall–Kier alpha value is -3.48. The van der Waals surface area contributed by atoms with Gasteiger partial charge in [-0.05, 0) is 38.0 Å². The lowest BCUT2D eigenvalue weighted by molar-refractivity contribution is 0.0526. The van der Waals surface area contributed by atoms with Crippen LogP contribution in [0.1, 0.15) is 34.1 Å². The molecule has 0 aliphatic rings. The zero-order valence-electron chi connectivity index (χ0n) is 15.5. The average Bonchev–Trinajstić information content (AvgIpc) is 2.97. The van der Waals surface area contributed by atoms with Crippen LogP contribution in [0.3, 0.4) is 0 Å². The van der Waals surface area contributed by atoms with Crippen molar-refractivity contribution in [2.24, 2.45) is 5.10 Å². The lowest BCUT2D eigenvalue weighted by Crippen LogP contribution is -2.09. The van der Waals surface area contributed by atoms with Gasteiger partial charge in [0.1, 0.15) is 0 Å². The highest BCUT2D eigenvalue weighted by Crippen LogP contribution is 2.25. The van der Waals surface area contributed by atoms with Gasteiger partial charge in [-0.2, -0.15) is 5.10 Å². The van der Waals surface area contributed by atoms with Gasteiger partial charge in [-0.1, -0.05) is 24.3 Å². The van der Waals surface area contributed by atoms with E-state index in [-0.39, 0.29) is 5.97 Å². The molecule has 0 amide bonds. The molecule has 0 atom stereocenters. The number of nitrogens with two attached hydrogens (primary N) is 1. The number of hydrogen-bond donors (Lipinski definition) is 1. The number of rotatable bonds is 5. The van der Waals surface area contributed by atoms with Crippen LogP contribution in [0.25, 0.3) is 11.3 Å². The number of aryl methyl sites for hydroxylation is 2. The monoisotopic (exact) mass is 363 g/mol. The summed E-state index contributed by atoms with van der Waals surface area (Å²) in [6, 6.07) is 9.40. The van der Waals surface area contributed by atoms with E-state index in [4.69, 9.17) is 10.5 Å². The summed E-state index contributed by atoms with van der Waals surface area (Å²) >= 11 is 0. The molecule has 2 N–H and O–H groups in total. The van der Waals surface area contributed by atoms with Crippen LogP contribution in [-0.2, 0) is 4.74 Å². The number of ether oxygens (including phenoxy) is 1. The first-order valence-electron chi connectivity index (χ1n) is 8.58. The highest BCUT2D eigenvalue weighted by molar-refractivity contribution is 5.97. The molecule has 7 nitrogen and oxygen atoms in total. The Morgan fingerprint density at radius 3 is 2.63 bits per heavy atom. The van der Waals surface area contributed by atoms with Crippen molar-refractivity contribution in [3.63, 3.8) is 0 Å². The molecule has 0 radical (unpaired) electrons. The lowest BCUT2D eigenvalue weighted by Gasteiger charge is -2.11. The predicted molar refractivity (Wildman–Crippen MR) is 105 cm³/mol. The van der Waals surface area contributed by atoms with Gasteiger partial charge in [0.25, 0.3) is 0 Å². The quantitative estimate of drug-likeness (QED) is 0.555. The van der Waals surface area contributed by atoms with Gasteiger partial charge in [-0.3, -0.25) is 4.98 Å². The van der Waals surface area contributed by atoms with Crippen LogP contribution >= 0.6 is 0 Å². The first kappa shape index (κ1) is 18.3. The van der Waals surface area contributed by atoms with Crippen LogP contribution < -0.4 is 5.73 Å². The minimum absolute atomic E-state index is 0.318. The number of esters is 1. The molecule has 0 unspecified atom stereocenters. The summed E-state index contributed by atoms with van der Waals surface area (Å²) in [6.07, 6.45) is 5.13. The van der Waals surface area contributed by atoms with E-state index in [1.54, 1.807) is 31.6 Å². The number of carbonyl (C=O) groups is 1. The smallest absolute Gasteiger partial charge is 0.340 e. The minimum atomic E-state index is -0.366. The van der Waals surface area contributed by atoms with Gasteiger partial charge < -0.3 is 10.5 Å². The largest absolute Gasteiger partial charge is 0.462 e. The van der Waals surface area contributed by atoms with Crippen molar-refractivity contribution in [1.29, 1.82) is 0 Å². The highest BCUT2D eigenvalue weighted by atomic mass is 16.5. The number of pyridine rings is 1. The Bertz CT molecular complexity index is 990. The van der Waals surface area contributed by atoms with E-state index in [0.29, 0.717) is 23.8 Å². The van der Waals surface area contributed by atoms with Gasteiger partial charge in [0, 0.05) is 11.8 Å². The van der Waals surface area contributed by atoms with Gasteiger partial charge in [0.15, 0.2) is 0 Å². The molecular weight excluding hydrogens is 342 g/mol. The summed E-state index contributed by atoms with van der Waals surface area (Å²) in [5.74, 6) is -0.0295. The molecule has 27 heavy (non-hydrogen) atoms. The maximum absolute atomic E-state index is 12.3. The molecule has 0 spiro atoms. The van der Waals surface area contributed by atoms with Crippen LogP contribution in [0.2, 0.25) is 0 Å².